The number of carboxylic acids is 1. The third-order valence-corrected chi connectivity index (χ3v) is 5.96. The maximum Gasteiger partial charge on any atom is 0.303 e. The number of thiophene rings is 1. The number of aryl methyl sites for hydroxylation is 1. The van der Waals surface area contributed by atoms with Gasteiger partial charge in [0.05, 0.1) is 0 Å². The molecule has 0 spiro atoms. The van der Waals surface area contributed by atoms with Gasteiger partial charge in [-0.05, 0) is 50.7 Å². The smallest absolute Gasteiger partial charge is 0.303 e. The molecule has 0 bridgehead atoms. The van der Waals surface area contributed by atoms with E-state index in [4.69, 9.17) is 5.11 Å². The molecular weight excluding hydrogens is 298 g/mol. The predicted octanol–water partition coefficient (Wildman–Crippen LogP) is 3.26. The van der Waals surface area contributed by atoms with Gasteiger partial charge in [0, 0.05) is 41.1 Å². The van der Waals surface area contributed by atoms with Crippen molar-refractivity contribution in [3.63, 3.8) is 0 Å². The van der Waals surface area contributed by atoms with Crippen LogP contribution in [0.1, 0.15) is 47.8 Å². The summed E-state index contributed by atoms with van der Waals surface area (Å²) in [5, 5.41) is 8.80. The van der Waals surface area contributed by atoms with Crippen molar-refractivity contribution in [1.29, 1.82) is 0 Å². The number of amides is 1. The average molecular weight is 321 g/mol. The molecule has 2 aliphatic rings. The molecule has 2 fully saturated rings. The van der Waals surface area contributed by atoms with Gasteiger partial charge < -0.3 is 10.0 Å². The Morgan fingerprint density at radius 3 is 2.91 bits per heavy atom. The van der Waals surface area contributed by atoms with Gasteiger partial charge in [0.2, 0.25) is 5.91 Å². The van der Waals surface area contributed by atoms with Crippen molar-refractivity contribution in [3.05, 3.63) is 21.9 Å². The van der Waals surface area contributed by atoms with E-state index in [9.17, 15) is 9.59 Å². The first-order chi connectivity index (χ1) is 10.5. The Bertz CT molecular complexity index is 568. The van der Waals surface area contributed by atoms with Crippen molar-refractivity contribution in [2.75, 3.05) is 13.1 Å². The van der Waals surface area contributed by atoms with Crippen LogP contribution in [0.5, 0.6) is 0 Å². The topological polar surface area (TPSA) is 57.6 Å². The molecule has 1 saturated carbocycles. The summed E-state index contributed by atoms with van der Waals surface area (Å²) in [5.74, 6) is 0.492. The van der Waals surface area contributed by atoms with Crippen molar-refractivity contribution < 1.29 is 14.7 Å². The zero-order valence-corrected chi connectivity index (χ0v) is 13.8. The van der Waals surface area contributed by atoms with Gasteiger partial charge in [-0.3, -0.25) is 9.59 Å². The number of nitrogens with zero attached hydrogens (tertiary/aromatic N) is 1. The second kappa shape index (κ2) is 6.41. The summed E-state index contributed by atoms with van der Waals surface area (Å²) in [6, 6.07) is 4.28. The normalized spacial score (nSPS) is 27.7. The van der Waals surface area contributed by atoms with Crippen LogP contribution in [-0.2, 0) is 9.59 Å². The molecule has 3 rings (SSSR count). The van der Waals surface area contributed by atoms with Gasteiger partial charge in [-0.2, -0.15) is 0 Å². The van der Waals surface area contributed by atoms with E-state index < -0.39 is 5.97 Å². The molecule has 1 aromatic heterocycles. The van der Waals surface area contributed by atoms with Gasteiger partial charge in [0.1, 0.15) is 0 Å². The summed E-state index contributed by atoms with van der Waals surface area (Å²) < 4.78 is 0. The Balaban J connectivity index is 1.53. The molecule has 1 amide bonds. The number of rotatable bonds is 5. The number of likely N-dealkylation sites (tertiary alicyclic amines) is 1. The first-order valence-electron chi connectivity index (χ1n) is 8.11. The molecular formula is C17H23NO3S. The zero-order valence-electron chi connectivity index (χ0n) is 13.0. The molecule has 1 aromatic rings. The second-order valence-corrected chi connectivity index (χ2v) is 7.94. The molecule has 0 unspecified atom stereocenters. The van der Waals surface area contributed by atoms with Crippen LogP contribution in [0.15, 0.2) is 12.1 Å². The number of aliphatic carboxylic acids is 1. The minimum absolute atomic E-state index is 0.163. The number of carbonyl (C=O) groups excluding carboxylic acids is 1. The Kier molecular flexibility index (Phi) is 4.52. The average Bonchev–Trinajstić information content (AvgIpc) is 3.19. The van der Waals surface area contributed by atoms with Crippen LogP contribution in [0.2, 0.25) is 0 Å². The largest absolute Gasteiger partial charge is 0.481 e. The number of hydrogen-bond acceptors (Lipinski definition) is 3. The van der Waals surface area contributed by atoms with E-state index in [1.807, 2.05) is 4.90 Å². The minimum Gasteiger partial charge on any atom is -0.481 e. The van der Waals surface area contributed by atoms with Gasteiger partial charge >= 0.3 is 5.97 Å². The molecule has 5 heteroatoms. The third kappa shape index (κ3) is 3.51. The Hall–Kier alpha value is -1.36. The number of carbonyl (C=O) groups is 2. The Labute approximate surface area is 135 Å². The predicted molar refractivity (Wildman–Crippen MR) is 86.1 cm³/mol. The van der Waals surface area contributed by atoms with Crippen LogP contribution in [0.3, 0.4) is 0 Å². The van der Waals surface area contributed by atoms with Crippen molar-refractivity contribution in [3.8, 4) is 0 Å². The highest BCUT2D eigenvalue weighted by molar-refractivity contribution is 7.12. The molecule has 22 heavy (non-hydrogen) atoms. The first kappa shape index (κ1) is 15.5. The molecule has 1 saturated heterocycles. The van der Waals surface area contributed by atoms with E-state index >= 15 is 0 Å². The highest BCUT2D eigenvalue weighted by Crippen LogP contribution is 2.50. The summed E-state index contributed by atoms with van der Waals surface area (Å²) in [5.41, 5.74) is 0. The van der Waals surface area contributed by atoms with Crippen LogP contribution < -0.4 is 0 Å². The fourth-order valence-corrected chi connectivity index (χ4v) is 4.55. The van der Waals surface area contributed by atoms with E-state index in [-0.39, 0.29) is 18.2 Å². The van der Waals surface area contributed by atoms with E-state index in [1.165, 1.54) is 9.75 Å². The van der Waals surface area contributed by atoms with Crippen molar-refractivity contribution in [2.24, 2.45) is 11.8 Å². The lowest BCUT2D eigenvalue weighted by atomic mass is 9.93. The van der Waals surface area contributed by atoms with E-state index in [2.05, 4.69) is 19.1 Å². The fourth-order valence-electron chi connectivity index (χ4n) is 3.50. The quantitative estimate of drug-likeness (QED) is 0.905. The van der Waals surface area contributed by atoms with Crippen molar-refractivity contribution in [1.82, 2.24) is 4.90 Å². The second-order valence-electron chi connectivity index (χ2n) is 6.62. The standard InChI is InChI=1S/C17H23NO3S/c1-11-4-6-15(22-11)13-9-14(13)17(21)18-8-2-3-12(10-18)5-7-16(19)20/h4,6,12-14H,2-3,5,7-10H2,1H3,(H,19,20)/t12-,13-,14+/m1/s1. The molecule has 0 radical (unpaired) electrons. The van der Waals surface area contributed by atoms with E-state index in [0.717, 1.165) is 32.4 Å². The maximum absolute atomic E-state index is 12.6. The fraction of sp³-hybridized carbons (Fsp3) is 0.647. The van der Waals surface area contributed by atoms with Crippen LogP contribution in [-0.4, -0.2) is 35.0 Å². The van der Waals surface area contributed by atoms with Crippen LogP contribution in [0, 0.1) is 18.8 Å². The molecule has 1 N–H and O–H groups in total. The third-order valence-electron chi connectivity index (χ3n) is 4.83. The van der Waals surface area contributed by atoms with Gasteiger partial charge in [-0.25, -0.2) is 0 Å². The number of piperidine rings is 1. The number of hydrogen-bond donors (Lipinski definition) is 1. The van der Waals surface area contributed by atoms with E-state index in [0.29, 0.717) is 18.3 Å². The molecule has 1 aliphatic heterocycles. The summed E-state index contributed by atoms with van der Waals surface area (Å²) in [7, 11) is 0. The molecule has 1 aliphatic carbocycles. The molecule has 2 heterocycles. The SMILES string of the molecule is Cc1ccc([C@@H]2C[C@@H]2C(=O)N2CCC[C@H](CCC(=O)O)C2)s1. The van der Waals surface area contributed by atoms with Gasteiger partial charge in [-0.1, -0.05) is 0 Å². The lowest BCUT2D eigenvalue weighted by Crippen LogP contribution is -2.41. The van der Waals surface area contributed by atoms with E-state index in [1.54, 1.807) is 11.3 Å². The van der Waals surface area contributed by atoms with Crippen LogP contribution in [0.25, 0.3) is 0 Å². The summed E-state index contributed by atoms with van der Waals surface area (Å²) in [6.07, 6.45) is 3.94. The highest BCUT2D eigenvalue weighted by atomic mass is 32.1. The minimum atomic E-state index is -0.737. The lowest BCUT2D eigenvalue weighted by molar-refractivity contribution is -0.137. The van der Waals surface area contributed by atoms with Crippen molar-refractivity contribution >= 4 is 23.2 Å². The molecule has 3 atom stereocenters. The monoisotopic (exact) mass is 321 g/mol. The Morgan fingerprint density at radius 1 is 1.41 bits per heavy atom. The molecule has 0 aromatic carbocycles. The van der Waals surface area contributed by atoms with Crippen molar-refractivity contribution in [2.45, 2.75) is 44.9 Å². The van der Waals surface area contributed by atoms with Gasteiger partial charge in [0.25, 0.3) is 0 Å². The highest BCUT2D eigenvalue weighted by Gasteiger charge is 2.46. The van der Waals surface area contributed by atoms with Gasteiger partial charge in [-0.15, -0.1) is 11.3 Å². The molecule has 120 valence electrons. The summed E-state index contributed by atoms with van der Waals surface area (Å²) in [6.45, 7) is 3.69. The lowest BCUT2D eigenvalue weighted by Gasteiger charge is -2.33. The first-order valence-corrected chi connectivity index (χ1v) is 8.93. The Morgan fingerprint density at radius 2 is 2.23 bits per heavy atom. The number of carboxylic acid groups (broad SMARTS) is 1. The maximum atomic E-state index is 12.6. The zero-order chi connectivity index (χ0) is 15.7. The van der Waals surface area contributed by atoms with Crippen LogP contribution >= 0.6 is 11.3 Å². The molecule has 4 nitrogen and oxygen atoms in total. The summed E-state index contributed by atoms with van der Waals surface area (Å²) >= 11 is 1.80. The van der Waals surface area contributed by atoms with Gasteiger partial charge in [0.15, 0.2) is 0 Å². The van der Waals surface area contributed by atoms with Crippen LogP contribution in [0.4, 0.5) is 0 Å². The summed E-state index contributed by atoms with van der Waals surface area (Å²) in [4.78, 5) is 28.0.